The van der Waals surface area contributed by atoms with Gasteiger partial charge in [-0.15, -0.1) is 21.5 Å². The number of carbonyl (C=O) groups is 1. The molecule has 2 aromatic carbocycles. The van der Waals surface area contributed by atoms with Crippen LogP contribution < -0.4 is 5.32 Å². The Morgan fingerprint density at radius 3 is 2.65 bits per heavy atom. The molecule has 9 heteroatoms. The first kappa shape index (κ1) is 25.2. The van der Waals surface area contributed by atoms with Crippen LogP contribution in [0.5, 0.6) is 0 Å². The number of benzene rings is 2. The summed E-state index contributed by atoms with van der Waals surface area (Å²) in [4.78, 5) is 23.7. The van der Waals surface area contributed by atoms with Crippen LogP contribution in [-0.4, -0.2) is 42.3 Å². The predicted octanol–water partition coefficient (Wildman–Crippen LogP) is 6.27. The molecule has 7 rings (SSSR count). The number of nitrogens with one attached hydrogen (secondary N) is 1. The molecular formula is C31H28N6OS2. The summed E-state index contributed by atoms with van der Waals surface area (Å²) >= 11 is 3.01. The Balaban J connectivity index is 1.13. The fraction of sp³-hybridized carbons (Fsp3) is 0.258. The van der Waals surface area contributed by atoms with Crippen LogP contribution in [0.3, 0.4) is 0 Å². The van der Waals surface area contributed by atoms with Gasteiger partial charge in [-0.25, -0.2) is 9.97 Å². The lowest BCUT2D eigenvalue weighted by molar-refractivity contribution is -0.119. The molecule has 1 aliphatic rings. The Hall–Kier alpha value is -3.82. The molecule has 4 aromatic heterocycles. The van der Waals surface area contributed by atoms with Gasteiger partial charge in [0.15, 0.2) is 10.8 Å². The molecular weight excluding hydrogens is 537 g/mol. The molecule has 0 aliphatic heterocycles. The third kappa shape index (κ3) is 4.63. The maximum atomic E-state index is 12.7. The van der Waals surface area contributed by atoms with Gasteiger partial charge in [0.05, 0.1) is 17.0 Å². The van der Waals surface area contributed by atoms with Crippen LogP contribution in [0.15, 0.2) is 72.1 Å². The summed E-state index contributed by atoms with van der Waals surface area (Å²) in [5.41, 5.74) is 7.97. The van der Waals surface area contributed by atoms with E-state index in [-0.39, 0.29) is 17.7 Å². The second-order valence-corrected chi connectivity index (χ2v) is 12.2. The van der Waals surface area contributed by atoms with E-state index < -0.39 is 0 Å². The summed E-state index contributed by atoms with van der Waals surface area (Å²) in [6, 6.07) is 20.9. The van der Waals surface area contributed by atoms with Gasteiger partial charge in [-0.2, -0.15) is 0 Å². The van der Waals surface area contributed by atoms with Gasteiger partial charge in [-0.1, -0.05) is 72.4 Å². The Labute approximate surface area is 240 Å². The number of carbonyl (C=O) groups excluding carboxylic acids is 1. The van der Waals surface area contributed by atoms with Gasteiger partial charge in [0.1, 0.15) is 15.9 Å². The third-order valence-electron chi connectivity index (χ3n) is 7.55. The molecule has 6 aromatic rings. The third-order valence-corrected chi connectivity index (χ3v) is 9.56. The highest BCUT2D eigenvalue weighted by atomic mass is 32.2. The van der Waals surface area contributed by atoms with Gasteiger partial charge in [0, 0.05) is 17.0 Å². The normalized spacial score (nSPS) is 13.7. The minimum Gasteiger partial charge on any atom is -0.353 e. The maximum Gasteiger partial charge on any atom is 0.230 e. The summed E-state index contributed by atoms with van der Waals surface area (Å²) in [5, 5.41) is 13.9. The maximum absolute atomic E-state index is 12.7. The van der Waals surface area contributed by atoms with E-state index in [0.29, 0.717) is 5.16 Å². The van der Waals surface area contributed by atoms with E-state index in [9.17, 15) is 4.79 Å². The van der Waals surface area contributed by atoms with Crippen LogP contribution in [0.1, 0.15) is 36.5 Å². The molecule has 1 aliphatic carbocycles. The molecule has 40 heavy (non-hydrogen) atoms. The van der Waals surface area contributed by atoms with Gasteiger partial charge < -0.3 is 5.32 Å². The van der Waals surface area contributed by atoms with E-state index in [1.807, 2.05) is 35.6 Å². The lowest BCUT2D eigenvalue weighted by Crippen LogP contribution is -2.34. The smallest absolute Gasteiger partial charge is 0.230 e. The number of rotatable bonds is 8. The molecule has 7 nitrogen and oxygen atoms in total. The van der Waals surface area contributed by atoms with Crippen molar-refractivity contribution in [3.8, 4) is 11.3 Å². The molecule has 200 valence electrons. The number of aromatic nitrogens is 5. The Bertz CT molecular complexity index is 1850. The number of hydrogen-bond acceptors (Lipinski definition) is 7. The Morgan fingerprint density at radius 1 is 1.05 bits per heavy atom. The van der Waals surface area contributed by atoms with Gasteiger partial charge in [0.2, 0.25) is 5.91 Å². The molecule has 0 fully saturated rings. The molecule has 0 unspecified atom stereocenters. The van der Waals surface area contributed by atoms with E-state index in [1.54, 1.807) is 17.7 Å². The van der Waals surface area contributed by atoms with E-state index >= 15 is 0 Å². The molecule has 4 heterocycles. The standard InChI is InChI=1S/C31H28N6OS2/c1-19(15-16-20-9-4-2-5-10-20)33-24(38)17-39-31-36-35-29-28-27(32-18-37(29)31)25-22-13-8-14-23(22)26(34-30(25)40-28)21-11-6-3-7-12-21/h2-7,9-12,18-19H,8,13-17H2,1H3,(H,33,38)/t19-/m1/s1. The minimum atomic E-state index is -0.00795. The number of pyridine rings is 1. The van der Waals surface area contributed by atoms with Crippen molar-refractivity contribution in [2.75, 3.05) is 5.75 Å². The van der Waals surface area contributed by atoms with Crippen molar-refractivity contribution in [3.63, 3.8) is 0 Å². The number of aryl methyl sites for hydroxylation is 2. The van der Waals surface area contributed by atoms with Gasteiger partial charge in [-0.3, -0.25) is 9.20 Å². The van der Waals surface area contributed by atoms with Crippen LogP contribution in [0.2, 0.25) is 0 Å². The van der Waals surface area contributed by atoms with Crippen molar-refractivity contribution in [1.82, 2.24) is 29.9 Å². The van der Waals surface area contributed by atoms with Crippen molar-refractivity contribution in [2.45, 2.75) is 50.2 Å². The largest absolute Gasteiger partial charge is 0.353 e. The first-order valence-corrected chi connectivity index (χ1v) is 15.4. The van der Waals surface area contributed by atoms with Crippen LogP contribution >= 0.6 is 23.1 Å². The van der Waals surface area contributed by atoms with Crippen molar-refractivity contribution in [2.24, 2.45) is 0 Å². The zero-order valence-electron chi connectivity index (χ0n) is 22.1. The van der Waals surface area contributed by atoms with Crippen molar-refractivity contribution < 1.29 is 4.79 Å². The second-order valence-electron chi connectivity index (χ2n) is 10.3. The highest BCUT2D eigenvalue weighted by Crippen LogP contribution is 2.42. The zero-order valence-corrected chi connectivity index (χ0v) is 23.8. The topological polar surface area (TPSA) is 85.1 Å². The number of thiophene rings is 1. The minimum absolute atomic E-state index is 0.00795. The fourth-order valence-electron chi connectivity index (χ4n) is 5.62. The molecule has 0 spiro atoms. The summed E-state index contributed by atoms with van der Waals surface area (Å²) in [6.07, 6.45) is 6.84. The number of thioether (sulfide) groups is 1. The second kappa shape index (κ2) is 10.6. The molecule has 0 saturated carbocycles. The average molecular weight is 565 g/mol. The SMILES string of the molecule is C[C@H](CCc1ccccc1)NC(=O)CSc1nnc2c3sc4nc(-c5ccccc5)c5c(c4c3ncn12)CCC5. The fourth-order valence-corrected chi connectivity index (χ4v) is 7.47. The van der Waals surface area contributed by atoms with Gasteiger partial charge in [-0.05, 0) is 55.7 Å². The Kier molecular flexibility index (Phi) is 6.69. The lowest BCUT2D eigenvalue weighted by Gasteiger charge is -2.13. The predicted molar refractivity (Wildman–Crippen MR) is 162 cm³/mol. The number of fused-ring (bicyclic) bond motifs is 7. The number of amides is 1. The quantitative estimate of drug-likeness (QED) is 0.219. The molecule has 1 atom stereocenters. The molecule has 0 bridgehead atoms. The number of nitrogens with zero attached hydrogens (tertiary/aromatic N) is 5. The summed E-state index contributed by atoms with van der Waals surface area (Å²) in [6.45, 7) is 2.05. The Morgan fingerprint density at radius 2 is 1.82 bits per heavy atom. The van der Waals surface area contributed by atoms with E-state index in [2.05, 4.69) is 51.9 Å². The van der Waals surface area contributed by atoms with Gasteiger partial charge in [0.25, 0.3) is 0 Å². The first-order valence-electron chi connectivity index (χ1n) is 13.6. The molecule has 0 radical (unpaired) electrons. The summed E-state index contributed by atoms with van der Waals surface area (Å²) in [5.74, 6) is 0.266. The van der Waals surface area contributed by atoms with Crippen LogP contribution in [0.25, 0.3) is 37.3 Å². The monoisotopic (exact) mass is 564 g/mol. The van der Waals surface area contributed by atoms with Crippen molar-refractivity contribution in [3.05, 3.63) is 83.7 Å². The molecule has 1 N–H and O–H groups in total. The van der Waals surface area contributed by atoms with Crippen LogP contribution in [0, 0.1) is 0 Å². The van der Waals surface area contributed by atoms with E-state index in [0.717, 1.165) is 69.4 Å². The summed E-state index contributed by atoms with van der Waals surface area (Å²) in [7, 11) is 0. The van der Waals surface area contributed by atoms with Gasteiger partial charge >= 0.3 is 0 Å². The first-order chi connectivity index (χ1) is 19.7. The van der Waals surface area contributed by atoms with E-state index in [4.69, 9.17) is 9.97 Å². The highest BCUT2D eigenvalue weighted by Gasteiger charge is 2.25. The average Bonchev–Trinajstić information content (AvgIpc) is 3.72. The molecule has 1 amide bonds. The lowest BCUT2D eigenvalue weighted by atomic mass is 10.0. The van der Waals surface area contributed by atoms with Crippen LogP contribution in [0.4, 0.5) is 0 Å². The number of hydrogen-bond donors (Lipinski definition) is 1. The highest BCUT2D eigenvalue weighted by molar-refractivity contribution is 7.99. The van der Waals surface area contributed by atoms with E-state index in [1.165, 1.54) is 28.5 Å². The zero-order chi connectivity index (χ0) is 27.1. The van der Waals surface area contributed by atoms with Crippen molar-refractivity contribution in [1.29, 1.82) is 0 Å². The van der Waals surface area contributed by atoms with Crippen LogP contribution in [-0.2, 0) is 24.1 Å². The summed E-state index contributed by atoms with van der Waals surface area (Å²) < 4.78 is 2.88. The molecule has 0 saturated heterocycles. The van der Waals surface area contributed by atoms with Crippen molar-refractivity contribution >= 4 is 55.1 Å².